The number of carbonyl (C=O) groups is 1. The minimum atomic E-state index is -0.597. The summed E-state index contributed by atoms with van der Waals surface area (Å²) in [5.41, 5.74) is 1.60. The molecule has 0 aromatic heterocycles. The Labute approximate surface area is 124 Å². The van der Waals surface area contributed by atoms with Crippen LogP contribution in [0.3, 0.4) is 0 Å². The van der Waals surface area contributed by atoms with Crippen molar-refractivity contribution in [2.75, 3.05) is 0 Å². The summed E-state index contributed by atoms with van der Waals surface area (Å²) in [5.74, 6) is 0.246. The number of hydrogen-bond acceptors (Lipinski definition) is 2. The summed E-state index contributed by atoms with van der Waals surface area (Å²) >= 11 is 0. The molecule has 0 radical (unpaired) electrons. The summed E-state index contributed by atoms with van der Waals surface area (Å²) in [6, 6.07) is 10.1. The largest absolute Gasteiger partial charge is 0.460 e. The van der Waals surface area contributed by atoms with E-state index >= 15 is 0 Å². The minimum absolute atomic E-state index is 0.0630. The molecule has 0 N–H and O–H groups in total. The van der Waals surface area contributed by atoms with Gasteiger partial charge >= 0.3 is 5.97 Å². The van der Waals surface area contributed by atoms with E-state index in [4.69, 9.17) is 4.74 Å². The lowest BCUT2D eigenvalue weighted by molar-refractivity contribution is -0.147. The average Bonchev–Trinajstić information content (AvgIpc) is 2.62. The van der Waals surface area contributed by atoms with Gasteiger partial charge in [-0.2, -0.15) is 0 Å². The Kier molecular flexibility index (Phi) is 2.68. The Morgan fingerprint density at radius 2 is 1.90 bits per heavy atom. The zero-order valence-corrected chi connectivity index (χ0v) is 11.9. The van der Waals surface area contributed by atoms with Crippen molar-refractivity contribution in [1.82, 2.24) is 0 Å². The van der Waals surface area contributed by atoms with Crippen molar-refractivity contribution >= 4 is 5.97 Å². The average molecular weight is 278 g/mol. The third kappa shape index (κ3) is 1.68. The summed E-state index contributed by atoms with van der Waals surface area (Å²) in [7, 11) is 0. The Morgan fingerprint density at radius 3 is 2.71 bits per heavy atom. The Balaban J connectivity index is 1.94. The molecule has 2 nitrogen and oxygen atoms in total. The van der Waals surface area contributed by atoms with Crippen LogP contribution in [0.4, 0.5) is 0 Å². The zero-order chi connectivity index (χ0) is 14.4. The van der Waals surface area contributed by atoms with E-state index in [2.05, 4.69) is 30.9 Å². The van der Waals surface area contributed by atoms with Gasteiger partial charge in [-0.3, -0.25) is 4.79 Å². The first-order valence-electron chi connectivity index (χ1n) is 7.50. The van der Waals surface area contributed by atoms with Crippen LogP contribution in [0, 0.1) is 11.8 Å². The normalized spacial score (nSPS) is 37.0. The second-order valence-corrected chi connectivity index (χ2v) is 6.30. The van der Waals surface area contributed by atoms with Gasteiger partial charge in [-0.1, -0.05) is 66.8 Å². The van der Waals surface area contributed by atoms with Crippen LogP contribution in [0.15, 0.2) is 66.8 Å². The van der Waals surface area contributed by atoms with E-state index < -0.39 is 5.41 Å². The summed E-state index contributed by atoms with van der Waals surface area (Å²) in [4.78, 5) is 12.8. The van der Waals surface area contributed by atoms with E-state index in [0.717, 1.165) is 17.6 Å². The van der Waals surface area contributed by atoms with Crippen LogP contribution in [-0.2, 0) is 14.9 Å². The highest BCUT2D eigenvalue weighted by Gasteiger charge is 2.60. The molecule has 2 aliphatic carbocycles. The van der Waals surface area contributed by atoms with Crippen LogP contribution in [-0.4, -0.2) is 12.1 Å². The first-order chi connectivity index (χ1) is 10.2. The highest BCUT2D eigenvalue weighted by atomic mass is 16.6. The molecule has 2 heteroatoms. The molecular weight excluding hydrogens is 260 g/mol. The van der Waals surface area contributed by atoms with E-state index in [9.17, 15) is 4.79 Å². The third-order valence-corrected chi connectivity index (χ3v) is 5.08. The van der Waals surface area contributed by atoms with Crippen LogP contribution in [0.5, 0.6) is 0 Å². The van der Waals surface area contributed by atoms with Crippen LogP contribution >= 0.6 is 0 Å². The van der Waals surface area contributed by atoms with Gasteiger partial charge < -0.3 is 4.74 Å². The number of ether oxygens (including phenoxy) is 1. The number of hydrogen-bond donors (Lipinski definition) is 0. The minimum Gasteiger partial charge on any atom is -0.460 e. The molecule has 3 aliphatic rings. The van der Waals surface area contributed by atoms with Crippen LogP contribution in [0.2, 0.25) is 0 Å². The van der Waals surface area contributed by atoms with Crippen molar-refractivity contribution in [3.63, 3.8) is 0 Å². The number of esters is 1. The molecule has 1 saturated carbocycles. The summed E-state index contributed by atoms with van der Waals surface area (Å²) in [5, 5.41) is 0. The molecule has 1 saturated heterocycles. The van der Waals surface area contributed by atoms with Crippen molar-refractivity contribution in [3.8, 4) is 0 Å². The van der Waals surface area contributed by atoms with Crippen LogP contribution in [0.25, 0.3) is 0 Å². The molecule has 21 heavy (non-hydrogen) atoms. The number of allylic oxidation sites excluding steroid dienone is 3. The first kappa shape index (κ1) is 12.6. The summed E-state index contributed by atoms with van der Waals surface area (Å²) < 4.78 is 5.84. The lowest BCUT2D eigenvalue weighted by Gasteiger charge is -2.30. The molecule has 2 fully saturated rings. The van der Waals surface area contributed by atoms with Crippen molar-refractivity contribution < 1.29 is 9.53 Å². The molecule has 106 valence electrons. The maximum absolute atomic E-state index is 12.8. The fraction of sp³-hybridized carbons (Fsp3) is 0.316. The molecule has 4 rings (SSSR count). The maximum atomic E-state index is 12.8. The Morgan fingerprint density at radius 1 is 1.14 bits per heavy atom. The number of benzene rings is 1. The Hall–Kier alpha value is -2.09. The number of carbonyl (C=O) groups excluding carboxylic acids is 1. The van der Waals surface area contributed by atoms with Gasteiger partial charge in [-0.25, -0.2) is 0 Å². The predicted octanol–water partition coefficient (Wildman–Crippen LogP) is 3.56. The van der Waals surface area contributed by atoms with Crippen molar-refractivity contribution in [3.05, 3.63) is 72.4 Å². The van der Waals surface area contributed by atoms with Crippen LogP contribution < -0.4 is 0 Å². The molecule has 0 amide bonds. The highest BCUT2D eigenvalue weighted by molar-refractivity contribution is 5.87. The second-order valence-electron chi connectivity index (χ2n) is 6.30. The van der Waals surface area contributed by atoms with Crippen molar-refractivity contribution in [1.29, 1.82) is 0 Å². The van der Waals surface area contributed by atoms with Gasteiger partial charge in [0, 0.05) is 11.8 Å². The second kappa shape index (κ2) is 4.45. The van der Waals surface area contributed by atoms with Crippen molar-refractivity contribution in [2.24, 2.45) is 11.8 Å². The number of rotatable bonds is 1. The lowest BCUT2D eigenvalue weighted by Crippen LogP contribution is -2.38. The monoisotopic (exact) mass is 278 g/mol. The van der Waals surface area contributed by atoms with Gasteiger partial charge in [0.15, 0.2) is 0 Å². The van der Waals surface area contributed by atoms with Gasteiger partial charge in [-0.05, 0) is 18.4 Å². The molecule has 4 bridgehead atoms. The predicted molar refractivity (Wildman–Crippen MR) is 81.6 cm³/mol. The van der Waals surface area contributed by atoms with Gasteiger partial charge in [0.2, 0.25) is 0 Å². The van der Waals surface area contributed by atoms with Gasteiger partial charge in [0.1, 0.15) is 11.5 Å². The Bertz CT molecular complexity index is 655. The first-order valence-corrected chi connectivity index (χ1v) is 7.50. The molecule has 1 aliphatic heterocycles. The summed E-state index contributed by atoms with van der Waals surface area (Å²) in [6.45, 7) is 4.22. The quantitative estimate of drug-likeness (QED) is 0.580. The lowest BCUT2D eigenvalue weighted by atomic mass is 9.67. The maximum Gasteiger partial charge on any atom is 0.317 e. The fourth-order valence-corrected chi connectivity index (χ4v) is 4.17. The van der Waals surface area contributed by atoms with Gasteiger partial charge in [0.05, 0.1) is 0 Å². The third-order valence-electron chi connectivity index (χ3n) is 5.08. The summed E-state index contributed by atoms with van der Waals surface area (Å²) in [6.07, 6.45) is 9.97. The van der Waals surface area contributed by atoms with Gasteiger partial charge in [0.25, 0.3) is 0 Å². The van der Waals surface area contributed by atoms with Crippen molar-refractivity contribution in [2.45, 2.75) is 24.4 Å². The topological polar surface area (TPSA) is 26.3 Å². The molecule has 1 aromatic carbocycles. The standard InChI is InChI=1S/C19H18O2/c1-13-11-14-7-5-6-10-16-17(14)21-18(20)19(16,12-13)15-8-3-2-4-9-15/h2-10,14,16-17H,1,11-12H2. The van der Waals surface area contributed by atoms with E-state index in [1.807, 2.05) is 30.3 Å². The molecule has 1 heterocycles. The van der Waals surface area contributed by atoms with E-state index in [1.165, 1.54) is 0 Å². The highest BCUT2D eigenvalue weighted by Crippen LogP contribution is 2.53. The van der Waals surface area contributed by atoms with E-state index in [1.54, 1.807) is 0 Å². The van der Waals surface area contributed by atoms with Gasteiger partial charge in [-0.15, -0.1) is 0 Å². The molecular formula is C19H18O2. The fourth-order valence-electron chi connectivity index (χ4n) is 4.17. The van der Waals surface area contributed by atoms with E-state index in [0.29, 0.717) is 6.42 Å². The smallest absolute Gasteiger partial charge is 0.317 e. The zero-order valence-electron chi connectivity index (χ0n) is 11.9. The molecule has 0 spiro atoms. The van der Waals surface area contributed by atoms with E-state index in [-0.39, 0.29) is 23.9 Å². The molecule has 4 atom stereocenters. The molecule has 4 unspecified atom stereocenters. The van der Waals surface area contributed by atoms with Crippen LogP contribution in [0.1, 0.15) is 18.4 Å². The SMILES string of the molecule is C=C1CC2C=CC=CC3C2OC(=O)C3(c2ccccc2)C1. The molecule has 1 aromatic rings.